The number of hydrogen-bond acceptors (Lipinski definition) is 4. The molecule has 0 bridgehead atoms. The third kappa shape index (κ3) is 2.35. The number of aryl methyl sites for hydroxylation is 1. The largest absolute Gasteiger partial charge is 0.439 e. The first-order valence-corrected chi connectivity index (χ1v) is 5.74. The molecule has 0 saturated carbocycles. The second kappa shape index (κ2) is 4.61. The molecule has 0 unspecified atom stereocenters. The Balaban J connectivity index is 1.94. The predicted octanol–water partition coefficient (Wildman–Crippen LogP) is 3.26. The van der Waals surface area contributed by atoms with Crippen molar-refractivity contribution in [2.75, 3.05) is 0 Å². The average molecular weight is 255 g/mol. The Kier molecular flexibility index (Phi) is 2.79. The van der Waals surface area contributed by atoms with Crippen LogP contribution in [0.4, 0.5) is 4.39 Å². The molecule has 0 radical (unpaired) electrons. The summed E-state index contributed by atoms with van der Waals surface area (Å²) in [7, 11) is 0. The van der Waals surface area contributed by atoms with Gasteiger partial charge in [0.25, 0.3) is 0 Å². The summed E-state index contributed by atoms with van der Waals surface area (Å²) in [6.07, 6.45) is 3.18. The minimum absolute atomic E-state index is 0.260. The van der Waals surface area contributed by atoms with Gasteiger partial charge in [-0.15, -0.1) is 0 Å². The number of halogens is 1. The summed E-state index contributed by atoms with van der Waals surface area (Å²) in [6.45, 7) is 1.68. The highest BCUT2D eigenvalue weighted by Gasteiger charge is 2.04. The van der Waals surface area contributed by atoms with E-state index in [1.165, 1.54) is 6.07 Å². The smallest absolute Gasteiger partial charge is 0.221 e. The Morgan fingerprint density at radius 2 is 1.89 bits per heavy atom. The molecule has 0 spiro atoms. The van der Waals surface area contributed by atoms with E-state index in [0.29, 0.717) is 28.4 Å². The zero-order chi connectivity index (χ0) is 13.2. The van der Waals surface area contributed by atoms with Gasteiger partial charge in [-0.2, -0.15) is 4.98 Å². The highest BCUT2D eigenvalue weighted by Crippen LogP contribution is 2.22. The predicted molar refractivity (Wildman–Crippen MR) is 68.5 cm³/mol. The number of nitrogens with zero attached hydrogens (tertiary/aromatic N) is 3. The topological polar surface area (TPSA) is 47.9 Å². The van der Waals surface area contributed by atoms with E-state index >= 15 is 0 Å². The fourth-order valence-corrected chi connectivity index (χ4v) is 1.70. The molecule has 0 aliphatic carbocycles. The Bertz CT molecular complexity index is 746. The molecule has 1 aromatic carbocycles. The Morgan fingerprint density at radius 3 is 2.74 bits per heavy atom. The first kappa shape index (κ1) is 11.5. The maximum Gasteiger partial charge on any atom is 0.221 e. The number of pyridine rings is 1. The summed E-state index contributed by atoms with van der Waals surface area (Å²) in [4.78, 5) is 12.5. The van der Waals surface area contributed by atoms with Crippen molar-refractivity contribution in [3.8, 4) is 11.6 Å². The van der Waals surface area contributed by atoms with Gasteiger partial charge < -0.3 is 4.74 Å². The molecule has 3 rings (SSSR count). The van der Waals surface area contributed by atoms with Crippen LogP contribution < -0.4 is 4.74 Å². The molecule has 19 heavy (non-hydrogen) atoms. The summed E-state index contributed by atoms with van der Waals surface area (Å²) in [6, 6.07) is 8.03. The summed E-state index contributed by atoms with van der Waals surface area (Å²) in [5.41, 5.74) is 1.74. The lowest BCUT2D eigenvalue weighted by atomic mass is 10.2. The highest BCUT2D eigenvalue weighted by atomic mass is 19.1. The molecule has 0 atom stereocenters. The molecule has 0 N–H and O–H groups in total. The van der Waals surface area contributed by atoms with Gasteiger partial charge in [0.05, 0.1) is 0 Å². The lowest BCUT2D eigenvalue weighted by molar-refractivity contribution is 0.462. The van der Waals surface area contributed by atoms with Crippen molar-refractivity contribution in [3.63, 3.8) is 0 Å². The fourth-order valence-electron chi connectivity index (χ4n) is 1.70. The van der Waals surface area contributed by atoms with Crippen LogP contribution in [0.1, 0.15) is 5.56 Å². The maximum absolute atomic E-state index is 13.2. The number of benzene rings is 1. The molecule has 0 saturated heterocycles. The van der Waals surface area contributed by atoms with E-state index in [0.717, 1.165) is 0 Å². The van der Waals surface area contributed by atoms with E-state index in [1.807, 2.05) is 0 Å². The van der Waals surface area contributed by atoms with Gasteiger partial charge in [-0.25, -0.2) is 9.37 Å². The molecule has 0 fully saturated rings. The molecule has 2 heterocycles. The Morgan fingerprint density at radius 1 is 1.05 bits per heavy atom. The van der Waals surface area contributed by atoms with Crippen LogP contribution in [0, 0.1) is 12.7 Å². The second-order valence-corrected chi connectivity index (χ2v) is 4.06. The van der Waals surface area contributed by atoms with Crippen molar-refractivity contribution in [3.05, 3.63) is 54.1 Å². The summed E-state index contributed by atoms with van der Waals surface area (Å²) < 4.78 is 18.7. The third-order valence-corrected chi connectivity index (χ3v) is 2.66. The number of fused-ring (bicyclic) bond motifs is 1. The molecular weight excluding hydrogens is 245 g/mol. The normalized spacial score (nSPS) is 10.6. The van der Waals surface area contributed by atoms with Gasteiger partial charge in [0, 0.05) is 18.5 Å². The average Bonchev–Trinajstić information content (AvgIpc) is 2.43. The monoisotopic (exact) mass is 255 g/mol. The van der Waals surface area contributed by atoms with E-state index < -0.39 is 0 Å². The van der Waals surface area contributed by atoms with Crippen LogP contribution in [0.15, 0.2) is 42.7 Å². The number of aromatic nitrogens is 3. The Labute approximate surface area is 108 Å². The molecule has 0 aliphatic heterocycles. The minimum atomic E-state index is -0.260. The zero-order valence-electron chi connectivity index (χ0n) is 10.2. The van der Waals surface area contributed by atoms with Crippen molar-refractivity contribution < 1.29 is 9.13 Å². The quantitative estimate of drug-likeness (QED) is 0.705. The first-order chi connectivity index (χ1) is 9.22. The third-order valence-electron chi connectivity index (χ3n) is 2.66. The SMILES string of the molecule is Cc1cc(Oc2ccc3nccnc3n2)ccc1F. The fraction of sp³-hybridized carbons (Fsp3) is 0.0714. The van der Waals surface area contributed by atoms with Crippen LogP contribution in [0.3, 0.4) is 0 Å². The molecule has 3 aromatic rings. The molecule has 2 aromatic heterocycles. The summed E-state index contributed by atoms with van der Waals surface area (Å²) in [5.74, 6) is 0.679. The van der Waals surface area contributed by atoms with Crippen molar-refractivity contribution in [1.82, 2.24) is 15.0 Å². The molecule has 0 amide bonds. The molecule has 0 aliphatic rings. The van der Waals surface area contributed by atoms with Crippen molar-refractivity contribution >= 4 is 11.2 Å². The van der Waals surface area contributed by atoms with Crippen LogP contribution in [0.25, 0.3) is 11.2 Å². The molecular formula is C14H10FN3O. The van der Waals surface area contributed by atoms with Gasteiger partial charge in [-0.1, -0.05) is 0 Å². The van der Waals surface area contributed by atoms with Crippen LogP contribution in [-0.4, -0.2) is 15.0 Å². The van der Waals surface area contributed by atoms with Gasteiger partial charge in [0.1, 0.15) is 17.1 Å². The molecule has 94 valence electrons. The minimum Gasteiger partial charge on any atom is -0.439 e. The van der Waals surface area contributed by atoms with Crippen molar-refractivity contribution in [1.29, 1.82) is 0 Å². The van der Waals surface area contributed by atoms with Crippen LogP contribution in [0.5, 0.6) is 11.6 Å². The van der Waals surface area contributed by atoms with Gasteiger partial charge in [0.2, 0.25) is 5.88 Å². The van der Waals surface area contributed by atoms with Crippen LogP contribution in [-0.2, 0) is 0 Å². The van der Waals surface area contributed by atoms with Gasteiger partial charge in [-0.3, -0.25) is 4.98 Å². The van der Waals surface area contributed by atoms with Gasteiger partial charge in [0.15, 0.2) is 5.65 Å². The van der Waals surface area contributed by atoms with E-state index in [-0.39, 0.29) is 5.82 Å². The van der Waals surface area contributed by atoms with E-state index in [2.05, 4.69) is 15.0 Å². The van der Waals surface area contributed by atoms with E-state index in [4.69, 9.17) is 4.74 Å². The zero-order valence-corrected chi connectivity index (χ0v) is 10.2. The molecule has 4 nitrogen and oxygen atoms in total. The van der Waals surface area contributed by atoms with Crippen LogP contribution >= 0.6 is 0 Å². The van der Waals surface area contributed by atoms with Gasteiger partial charge in [-0.05, 0) is 36.8 Å². The number of hydrogen-bond donors (Lipinski definition) is 0. The standard InChI is InChI=1S/C14H10FN3O/c1-9-8-10(2-3-11(9)15)19-13-5-4-12-14(18-13)17-7-6-16-12/h2-8H,1H3. The van der Waals surface area contributed by atoms with Crippen LogP contribution in [0.2, 0.25) is 0 Å². The van der Waals surface area contributed by atoms with Crippen molar-refractivity contribution in [2.24, 2.45) is 0 Å². The summed E-state index contributed by atoms with van der Waals surface area (Å²) >= 11 is 0. The van der Waals surface area contributed by atoms with E-state index in [9.17, 15) is 4.39 Å². The first-order valence-electron chi connectivity index (χ1n) is 5.74. The Hall–Kier alpha value is -2.56. The number of rotatable bonds is 2. The van der Waals surface area contributed by atoms with Crippen molar-refractivity contribution in [2.45, 2.75) is 6.92 Å². The number of ether oxygens (including phenoxy) is 1. The second-order valence-electron chi connectivity index (χ2n) is 4.06. The van der Waals surface area contributed by atoms with Gasteiger partial charge >= 0.3 is 0 Å². The lowest BCUT2D eigenvalue weighted by Gasteiger charge is -2.06. The maximum atomic E-state index is 13.2. The molecule has 5 heteroatoms. The lowest BCUT2D eigenvalue weighted by Crippen LogP contribution is -1.92. The van der Waals surface area contributed by atoms with E-state index in [1.54, 1.807) is 43.6 Å². The highest BCUT2D eigenvalue weighted by molar-refractivity contribution is 5.69. The summed E-state index contributed by atoms with van der Waals surface area (Å²) in [5, 5.41) is 0.